The fourth-order valence-corrected chi connectivity index (χ4v) is 5.11. The molecule has 0 aromatic heterocycles. The molecular weight excluding hydrogens is 270 g/mol. The Balaban J connectivity index is 2.65. The van der Waals surface area contributed by atoms with Gasteiger partial charge in [-0.15, -0.1) is 0 Å². The Hall–Kier alpha value is 0.0700. The summed E-state index contributed by atoms with van der Waals surface area (Å²) in [7, 11) is 0.945. The zero-order chi connectivity index (χ0) is 15.2. The molecule has 0 aromatic carbocycles. The molecule has 2 N–H and O–H groups in total. The first-order valence-electron chi connectivity index (χ1n) is 8.02. The Kier molecular flexibility index (Phi) is 7.70. The molecule has 4 atom stereocenters. The van der Waals surface area contributed by atoms with Gasteiger partial charge in [0.05, 0.1) is 0 Å². The third-order valence-corrected chi connectivity index (χ3v) is 7.22. The summed E-state index contributed by atoms with van der Waals surface area (Å²) in [6.07, 6.45) is 5.55. The van der Waals surface area contributed by atoms with Crippen LogP contribution >= 0.6 is 0 Å². The minimum Gasteiger partial charge on any atom is -0.385 e. The van der Waals surface area contributed by atoms with Crippen molar-refractivity contribution in [2.45, 2.75) is 58.1 Å². The highest BCUT2D eigenvalue weighted by atomic mass is 32.2. The molecule has 1 aliphatic rings. The predicted octanol–water partition coefficient (Wildman–Crippen LogP) is 2.95. The molecule has 120 valence electrons. The number of nitrogens with two attached hydrogens (primary N) is 1. The van der Waals surface area contributed by atoms with Gasteiger partial charge in [-0.3, -0.25) is 4.21 Å². The minimum absolute atomic E-state index is 0.293. The summed E-state index contributed by atoms with van der Waals surface area (Å²) in [5.74, 6) is 1.89. The number of hydrogen-bond acceptors (Lipinski definition) is 3. The minimum atomic E-state index is -0.755. The Morgan fingerprint density at radius 3 is 2.60 bits per heavy atom. The van der Waals surface area contributed by atoms with E-state index in [0.717, 1.165) is 25.0 Å². The molecule has 1 fully saturated rings. The van der Waals surface area contributed by atoms with Crippen molar-refractivity contribution in [3.63, 3.8) is 0 Å². The van der Waals surface area contributed by atoms with Gasteiger partial charge < -0.3 is 10.5 Å². The van der Waals surface area contributed by atoms with E-state index in [1.54, 1.807) is 7.11 Å². The molecule has 4 unspecified atom stereocenters. The zero-order valence-electron chi connectivity index (χ0n) is 13.7. The topological polar surface area (TPSA) is 52.3 Å². The smallest absolute Gasteiger partial charge is 0.0471 e. The lowest BCUT2D eigenvalue weighted by atomic mass is 9.67. The van der Waals surface area contributed by atoms with Crippen molar-refractivity contribution in [1.82, 2.24) is 0 Å². The van der Waals surface area contributed by atoms with Crippen LogP contribution in [0.2, 0.25) is 0 Å². The molecule has 0 aliphatic heterocycles. The molecule has 0 spiro atoms. The van der Waals surface area contributed by atoms with E-state index < -0.39 is 10.8 Å². The lowest BCUT2D eigenvalue weighted by molar-refractivity contribution is 0.133. The van der Waals surface area contributed by atoms with Crippen molar-refractivity contribution in [2.75, 3.05) is 26.0 Å². The van der Waals surface area contributed by atoms with Crippen molar-refractivity contribution in [1.29, 1.82) is 0 Å². The number of ether oxygens (including phenoxy) is 1. The van der Waals surface area contributed by atoms with E-state index in [-0.39, 0.29) is 0 Å². The van der Waals surface area contributed by atoms with E-state index in [4.69, 9.17) is 10.5 Å². The summed E-state index contributed by atoms with van der Waals surface area (Å²) >= 11 is 0. The molecule has 1 rings (SSSR count). The second-order valence-electron chi connectivity index (χ2n) is 6.82. The molecule has 0 saturated heterocycles. The second kappa shape index (κ2) is 8.50. The van der Waals surface area contributed by atoms with Gasteiger partial charge in [0.2, 0.25) is 0 Å². The Bertz CT molecular complexity index is 307. The van der Waals surface area contributed by atoms with Crippen LogP contribution in [0, 0.1) is 17.3 Å². The molecule has 1 saturated carbocycles. The fourth-order valence-electron chi connectivity index (χ4n) is 3.28. The van der Waals surface area contributed by atoms with Crippen molar-refractivity contribution in [2.24, 2.45) is 23.0 Å². The Morgan fingerprint density at radius 1 is 1.35 bits per heavy atom. The summed E-state index contributed by atoms with van der Waals surface area (Å²) in [5, 5.41) is 0.293. The molecule has 3 nitrogen and oxygen atoms in total. The second-order valence-corrected chi connectivity index (χ2v) is 8.59. The largest absolute Gasteiger partial charge is 0.385 e. The Morgan fingerprint density at radius 2 is 2.05 bits per heavy atom. The van der Waals surface area contributed by atoms with E-state index in [1.165, 1.54) is 12.8 Å². The quantitative estimate of drug-likeness (QED) is 0.701. The van der Waals surface area contributed by atoms with Crippen LogP contribution in [0.4, 0.5) is 0 Å². The average molecular weight is 304 g/mol. The molecule has 0 amide bonds. The summed E-state index contributed by atoms with van der Waals surface area (Å²) in [6, 6.07) is 0. The SMILES string of the molecule is CCC(C)(C)C1CCC(CN)C(S(=O)CCCOC)C1. The van der Waals surface area contributed by atoms with Gasteiger partial charge in [0, 0.05) is 35.5 Å². The molecule has 20 heavy (non-hydrogen) atoms. The molecule has 4 heteroatoms. The molecule has 0 bridgehead atoms. The summed E-state index contributed by atoms with van der Waals surface area (Å²) in [6.45, 7) is 8.35. The third kappa shape index (κ3) is 4.81. The number of methoxy groups -OCH3 is 1. The van der Waals surface area contributed by atoms with Crippen molar-refractivity contribution in [3.8, 4) is 0 Å². The maximum atomic E-state index is 12.6. The van der Waals surface area contributed by atoms with Crippen molar-refractivity contribution < 1.29 is 8.95 Å². The number of rotatable bonds is 8. The van der Waals surface area contributed by atoms with Gasteiger partial charge in [-0.2, -0.15) is 0 Å². The predicted molar refractivity (Wildman–Crippen MR) is 87.2 cm³/mol. The lowest BCUT2D eigenvalue weighted by Crippen LogP contribution is -2.41. The molecule has 1 aliphatic carbocycles. The van der Waals surface area contributed by atoms with Crippen LogP contribution in [0.3, 0.4) is 0 Å². The molecule has 0 aromatic rings. The monoisotopic (exact) mass is 303 g/mol. The first kappa shape index (κ1) is 18.1. The average Bonchev–Trinajstić information content (AvgIpc) is 2.46. The maximum Gasteiger partial charge on any atom is 0.0471 e. The van der Waals surface area contributed by atoms with Gasteiger partial charge in [-0.1, -0.05) is 27.2 Å². The van der Waals surface area contributed by atoms with Crippen LogP contribution in [0.1, 0.15) is 52.9 Å². The summed E-state index contributed by atoms with van der Waals surface area (Å²) in [5.41, 5.74) is 6.27. The lowest BCUT2D eigenvalue weighted by Gasteiger charge is -2.42. The van der Waals surface area contributed by atoms with Crippen LogP contribution in [0.25, 0.3) is 0 Å². The highest BCUT2D eigenvalue weighted by molar-refractivity contribution is 7.85. The zero-order valence-corrected chi connectivity index (χ0v) is 14.5. The van der Waals surface area contributed by atoms with Gasteiger partial charge in [-0.05, 0) is 49.5 Å². The third-order valence-electron chi connectivity index (χ3n) is 5.28. The first-order chi connectivity index (χ1) is 9.46. The molecule has 0 radical (unpaired) electrons. The summed E-state index contributed by atoms with van der Waals surface area (Å²) < 4.78 is 17.7. The van der Waals surface area contributed by atoms with E-state index in [0.29, 0.717) is 35.7 Å². The van der Waals surface area contributed by atoms with E-state index in [9.17, 15) is 4.21 Å². The normalized spacial score (nSPS) is 29.4. The molecule has 0 heterocycles. The maximum absolute atomic E-state index is 12.6. The van der Waals surface area contributed by atoms with Crippen LogP contribution in [0.5, 0.6) is 0 Å². The number of hydrogen-bond donors (Lipinski definition) is 1. The summed E-state index contributed by atoms with van der Waals surface area (Å²) in [4.78, 5) is 0. The van der Waals surface area contributed by atoms with Crippen molar-refractivity contribution >= 4 is 10.8 Å². The Labute approximate surface area is 127 Å². The van der Waals surface area contributed by atoms with Gasteiger partial charge in [0.25, 0.3) is 0 Å². The van der Waals surface area contributed by atoms with Crippen molar-refractivity contribution in [3.05, 3.63) is 0 Å². The highest BCUT2D eigenvalue weighted by Crippen LogP contribution is 2.43. The van der Waals surface area contributed by atoms with Crippen LogP contribution < -0.4 is 5.73 Å². The highest BCUT2D eigenvalue weighted by Gasteiger charge is 2.38. The van der Waals surface area contributed by atoms with E-state index >= 15 is 0 Å². The van der Waals surface area contributed by atoms with Gasteiger partial charge in [0.15, 0.2) is 0 Å². The molecular formula is C16H33NO2S. The van der Waals surface area contributed by atoms with Gasteiger partial charge in [-0.25, -0.2) is 0 Å². The van der Waals surface area contributed by atoms with Gasteiger partial charge >= 0.3 is 0 Å². The van der Waals surface area contributed by atoms with Crippen LogP contribution in [-0.2, 0) is 15.5 Å². The van der Waals surface area contributed by atoms with E-state index in [2.05, 4.69) is 20.8 Å². The van der Waals surface area contributed by atoms with Crippen LogP contribution in [0.15, 0.2) is 0 Å². The fraction of sp³-hybridized carbons (Fsp3) is 1.00. The first-order valence-corrected chi connectivity index (χ1v) is 9.40. The standard InChI is InChI=1S/C16H33NO2S/c1-5-16(2,3)14-8-7-13(12-17)15(11-14)20(18)10-6-9-19-4/h13-15H,5-12,17H2,1-4H3. The van der Waals surface area contributed by atoms with E-state index in [1.807, 2.05) is 0 Å². The van der Waals surface area contributed by atoms with Gasteiger partial charge in [0.1, 0.15) is 0 Å². The van der Waals surface area contributed by atoms with Crippen LogP contribution in [-0.4, -0.2) is 35.5 Å².